The second-order valence-electron chi connectivity index (χ2n) is 12.1. The van der Waals surface area contributed by atoms with Gasteiger partial charge in [0.2, 0.25) is 17.7 Å². The van der Waals surface area contributed by atoms with Gasteiger partial charge in [0.15, 0.2) is 0 Å². The molecule has 0 aliphatic heterocycles. The third kappa shape index (κ3) is 7.75. The van der Waals surface area contributed by atoms with Gasteiger partial charge in [0, 0.05) is 22.5 Å². The van der Waals surface area contributed by atoms with E-state index in [1.54, 1.807) is 19.1 Å². The van der Waals surface area contributed by atoms with E-state index in [1.807, 2.05) is 20.8 Å². The lowest BCUT2D eigenvalue weighted by atomic mass is 9.78. The molecule has 1 aliphatic rings. The number of fused-ring (bicyclic) bond motifs is 3. The van der Waals surface area contributed by atoms with Crippen LogP contribution in [0.25, 0.3) is 10.9 Å². The van der Waals surface area contributed by atoms with E-state index in [0.29, 0.717) is 45.8 Å². The Balaban J connectivity index is 1.65. The van der Waals surface area contributed by atoms with E-state index in [-0.39, 0.29) is 31.3 Å². The number of aromatic amines is 1. The zero-order chi connectivity index (χ0) is 33.8. The van der Waals surface area contributed by atoms with Crippen LogP contribution in [0.5, 0.6) is 0 Å². The topological polar surface area (TPSA) is 155 Å². The maximum atomic E-state index is 14.2. The lowest BCUT2D eigenvalue weighted by molar-refractivity contribution is -0.137. The molecule has 4 rings (SSSR count). The molecule has 0 saturated carbocycles. The van der Waals surface area contributed by atoms with E-state index in [4.69, 9.17) is 33.7 Å². The SMILES string of the molecule is CC[C@H](C)C(NC(=O)[C@@]1(NC(=O)C(NC(=O)OCc2ccc(F)cc2)[C@@H](C)CC)CCc2[nH]c3c(Cl)cc(Cl)cc3c2C1)C(N)=O. The number of halogens is 3. The van der Waals surface area contributed by atoms with Gasteiger partial charge in [0.25, 0.3) is 0 Å². The van der Waals surface area contributed by atoms with Crippen LogP contribution < -0.4 is 21.7 Å². The quantitative estimate of drug-likeness (QED) is 0.176. The van der Waals surface area contributed by atoms with Crippen molar-refractivity contribution in [1.29, 1.82) is 0 Å². The Morgan fingerprint density at radius 3 is 2.30 bits per heavy atom. The zero-order valence-corrected chi connectivity index (χ0v) is 27.8. The summed E-state index contributed by atoms with van der Waals surface area (Å²) in [7, 11) is 0. The summed E-state index contributed by atoms with van der Waals surface area (Å²) >= 11 is 12.8. The van der Waals surface area contributed by atoms with Crippen molar-refractivity contribution in [2.24, 2.45) is 17.6 Å². The minimum Gasteiger partial charge on any atom is -0.445 e. The summed E-state index contributed by atoms with van der Waals surface area (Å²) in [6.45, 7) is 7.23. The van der Waals surface area contributed by atoms with E-state index in [1.165, 1.54) is 24.3 Å². The zero-order valence-electron chi connectivity index (χ0n) is 26.3. The van der Waals surface area contributed by atoms with Gasteiger partial charge >= 0.3 is 6.09 Å². The van der Waals surface area contributed by atoms with Crippen LogP contribution in [0, 0.1) is 17.7 Å². The first-order valence-corrected chi connectivity index (χ1v) is 16.1. The van der Waals surface area contributed by atoms with Crippen molar-refractivity contribution in [2.75, 3.05) is 0 Å². The van der Waals surface area contributed by atoms with Crippen LogP contribution in [0.1, 0.15) is 63.8 Å². The first kappa shape index (κ1) is 35.0. The monoisotopic (exact) mass is 675 g/mol. The standard InChI is InChI=1S/C33H40Cl2FN5O5/c1-5-17(3)26(29(37)42)39-31(44)33(12-11-25-23(15-33)22-13-20(34)14-24(35)28(22)38-25)41-30(43)27(18(4)6-2)40-32(45)46-16-19-7-9-21(36)10-8-19/h7-10,13-14,17-18,26-27,38H,5-6,11-12,15-16H2,1-4H3,(H2,37,42)(H,39,44)(H,40,45)(H,41,43)/t17-,18-,26?,27?,33+/m0/s1. The number of H-pyrrole nitrogens is 1. The fraction of sp³-hybridized carbons (Fsp3) is 0.455. The van der Waals surface area contributed by atoms with Crippen molar-refractivity contribution in [3.8, 4) is 0 Å². The Morgan fingerprint density at radius 1 is 1.02 bits per heavy atom. The van der Waals surface area contributed by atoms with E-state index >= 15 is 0 Å². The molecular formula is C33H40Cl2FN5O5. The molecule has 2 unspecified atom stereocenters. The van der Waals surface area contributed by atoms with Crippen LogP contribution in [0.4, 0.5) is 9.18 Å². The smallest absolute Gasteiger partial charge is 0.408 e. The van der Waals surface area contributed by atoms with Gasteiger partial charge in [0.1, 0.15) is 30.0 Å². The number of carbonyl (C=O) groups excluding carboxylic acids is 4. The highest BCUT2D eigenvalue weighted by molar-refractivity contribution is 6.38. The molecule has 1 aliphatic carbocycles. The number of aromatic nitrogens is 1. The molecule has 13 heteroatoms. The largest absolute Gasteiger partial charge is 0.445 e. The maximum absolute atomic E-state index is 14.2. The molecule has 6 N–H and O–H groups in total. The van der Waals surface area contributed by atoms with Gasteiger partial charge in [-0.05, 0) is 60.1 Å². The lowest BCUT2D eigenvalue weighted by Gasteiger charge is -2.39. The van der Waals surface area contributed by atoms with Crippen molar-refractivity contribution < 1.29 is 28.3 Å². The highest BCUT2D eigenvalue weighted by atomic mass is 35.5. The van der Waals surface area contributed by atoms with Gasteiger partial charge < -0.3 is 31.4 Å². The molecule has 10 nitrogen and oxygen atoms in total. The van der Waals surface area contributed by atoms with E-state index < -0.39 is 47.3 Å². The maximum Gasteiger partial charge on any atom is 0.408 e. The normalized spacial score (nSPS) is 18.5. The summed E-state index contributed by atoms with van der Waals surface area (Å²) in [4.78, 5) is 56.9. The summed E-state index contributed by atoms with van der Waals surface area (Å²) < 4.78 is 18.6. The second kappa shape index (κ2) is 14.7. The van der Waals surface area contributed by atoms with Crippen LogP contribution in [-0.2, 0) is 38.6 Å². The first-order valence-electron chi connectivity index (χ1n) is 15.4. The molecule has 0 radical (unpaired) electrons. The fourth-order valence-electron chi connectivity index (χ4n) is 5.75. The van der Waals surface area contributed by atoms with Gasteiger partial charge in [0.05, 0.1) is 10.5 Å². The van der Waals surface area contributed by atoms with Crippen molar-refractivity contribution >= 4 is 57.9 Å². The number of rotatable bonds is 12. The summed E-state index contributed by atoms with van der Waals surface area (Å²) in [5, 5.41) is 9.97. The van der Waals surface area contributed by atoms with E-state index in [2.05, 4.69) is 20.9 Å². The number of ether oxygens (including phenoxy) is 1. The fourth-order valence-corrected chi connectivity index (χ4v) is 6.29. The molecule has 0 saturated heterocycles. The molecule has 3 aromatic rings. The summed E-state index contributed by atoms with van der Waals surface area (Å²) in [5.74, 6) is -2.87. The number of alkyl carbamates (subject to hydrolysis) is 1. The van der Waals surface area contributed by atoms with Crippen LogP contribution >= 0.6 is 23.2 Å². The molecule has 0 bridgehead atoms. The number of primary amides is 1. The number of nitrogens with two attached hydrogens (primary N) is 1. The number of nitrogens with one attached hydrogen (secondary N) is 4. The Hall–Kier alpha value is -3.83. The van der Waals surface area contributed by atoms with E-state index in [9.17, 15) is 23.6 Å². The molecule has 1 aromatic heterocycles. The van der Waals surface area contributed by atoms with Crippen molar-refractivity contribution in [3.05, 3.63) is 69.1 Å². The van der Waals surface area contributed by atoms with Gasteiger partial charge in [-0.1, -0.05) is 75.9 Å². The van der Waals surface area contributed by atoms with Crippen LogP contribution in [0.2, 0.25) is 10.0 Å². The van der Waals surface area contributed by atoms with Crippen LogP contribution in [-0.4, -0.2) is 46.4 Å². The predicted molar refractivity (Wildman–Crippen MR) is 175 cm³/mol. The first-order chi connectivity index (χ1) is 21.8. The molecule has 1 heterocycles. The Bertz CT molecular complexity index is 1610. The third-order valence-electron chi connectivity index (χ3n) is 8.96. The van der Waals surface area contributed by atoms with E-state index in [0.717, 1.165) is 11.3 Å². The number of carbonyl (C=O) groups is 4. The molecule has 46 heavy (non-hydrogen) atoms. The van der Waals surface area contributed by atoms with Crippen LogP contribution in [0.15, 0.2) is 36.4 Å². The molecule has 4 amide bonds. The molecule has 2 aromatic carbocycles. The summed E-state index contributed by atoms with van der Waals surface area (Å²) in [6, 6.07) is 6.83. The number of benzene rings is 2. The van der Waals surface area contributed by atoms with Crippen molar-refractivity contribution in [3.63, 3.8) is 0 Å². The van der Waals surface area contributed by atoms with Gasteiger partial charge in [-0.3, -0.25) is 14.4 Å². The third-order valence-corrected chi connectivity index (χ3v) is 9.47. The second-order valence-corrected chi connectivity index (χ2v) is 12.9. The predicted octanol–water partition coefficient (Wildman–Crippen LogP) is 5.31. The van der Waals surface area contributed by atoms with Crippen molar-refractivity contribution in [1.82, 2.24) is 20.9 Å². The number of aryl methyl sites for hydroxylation is 1. The van der Waals surface area contributed by atoms with Crippen molar-refractivity contribution in [2.45, 2.75) is 84.0 Å². The lowest BCUT2D eigenvalue weighted by Crippen LogP contribution is -2.67. The summed E-state index contributed by atoms with van der Waals surface area (Å²) in [6.07, 6.45) is 0.876. The van der Waals surface area contributed by atoms with Gasteiger partial charge in [-0.15, -0.1) is 0 Å². The average molecular weight is 677 g/mol. The summed E-state index contributed by atoms with van der Waals surface area (Å²) in [5.41, 5.74) is 7.01. The van der Waals surface area contributed by atoms with Crippen LogP contribution in [0.3, 0.4) is 0 Å². The highest BCUT2D eigenvalue weighted by Gasteiger charge is 2.46. The molecule has 0 fully saturated rings. The number of hydrogen-bond donors (Lipinski definition) is 5. The Labute approximate surface area is 277 Å². The molecular weight excluding hydrogens is 636 g/mol. The Kier molecular flexibility index (Phi) is 11.2. The average Bonchev–Trinajstić information content (AvgIpc) is 3.38. The minimum absolute atomic E-state index is 0.0603. The highest BCUT2D eigenvalue weighted by Crippen LogP contribution is 2.38. The van der Waals surface area contributed by atoms with Gasteiger partial charge in [-0.2, -0.15) is 0 Å². The molecule has 5 atom stereocenters. The number of hydrogen-bond acceptors (Lipinski definition) is 5. The Morgan fingerprint density at radius 2 is 1.67 bits per heavy atom. The molecule has 248 valence electrons. The number of amides is 4. The minimum atomic E-state index is -1.51. The van der Waals surface area contributed by atoms with Gasteiger partial charge in [-0.25, -0.2) is 9.18 Å². The molecule has 0 spiro atoms.